The van der Waals surface area contributed by atoms with Crippen LogP contribution in [0, 0.1) is 5.92 Å². The van der Waals surface area contributed by atoms with Gasteiger partial charge in [0.1, 0.15) is 0 Å². The quantitative estimate of drug-likeness (QED) is 0.714. The monoisotopic (exact) mass is 369 g/mol. The number of rotatable bonds is 8. The minimum absolute atomic E-state index is 0.00507. The van der Waals surface area contributed by atoms with Crippen LogP contribution in [0.15, 0.2) is 24.3 Å². The number of benzene rings is 1. The predicted octanol–water partition coefficient (Wildman–Crippen LogP) is 3.05. The molecule has 0 aliphatic carbocycles. The summed E-state index contributed by atoms with van der Waals surface area (Å²) in [6.45, 7) is 6.65. The normalized spacial score (nSPS) is 18.7. The van der Waals surface area contributed by atoms with Crippen molar-refractivity contribution in [2.45, 2.75) is 38.9 Å². The van der Waals surface area contributed by atoms with Crippen LogP contribution in [0.3, 0.4) is 0 Å². The minimum atomic E-state index is -0.547. The third-order valence-electron chi connectivity index (χ3n) is 4.55. The summed E-state index contributed by atoms with van der Waals surface area (Å²) in [6, 6.07) is 7.53. The molecule has 0 aromatic heterocycles. The van der Waals surface area contributed by atoms with Gasteiger partial charge < -0.3 is 19.5 Å². The molecule has 0 radical (unpaired) electrons. The van der Waals surface area contributed by atoms with Crippen LogP contribution in [0.4, 0.5) is 0 Å². The molecule has 6 heteroatoms. The number of likely N-dealkylation sites (tertiary alicyclic amines) is 1. The van der Waals surface area contributed by atoms with Gasteiger partial charge in [-0.1, -0.05) is 23.7 Å². The maximum absolute atomic E-state index is 11.7. The molecule has 1 heterocycles. The number of carbonyl (C=O) groups is 1. The van der Waals surface area contributed by atoms with Crippen molar-refractivity contribution in [3.8, 4) is 0 Å². The van der Waals surface area contributed by atoms with Crippen LogP contribution in [0.25, 0.3) is 0 Å². The van der Waals surface area contributed by atoms with Crippen molar-refractivity contribution in [1.29, 1.82) is 0 Å². The zero-order valence-electron chi connectivity index (χ0n) is 15.0. The zero-order chi connectivity index (χ0) is 18.2. The zero-order valence-corrected chi connectivity index (χ0v) is 15.7. The van der Waals surface area contributed by atoms with Gasteiger partial charge in [-0.3, -0.25) is 4.79 Å². The largest absolute Gasteiger partial charge is 0.466 e. The van der Waals surface area contributed by atoms with Crippen molar-refractivity contribution in [2.75, 3.05) is 32.8 Å². The highest BCUT2D eigenvalue weighted by atomic mass is 35.5. The van der Waals surface area contributed by atoms with Gasteiger partial charge in [0.05, 0.1) is 31.3 Å². The molecule has 2 atom stereocenters. The second-order valence-electron chi connectivity index (χ2n) is 6.51. The summed E-state index contributed by atoms with van der Waals surface area (Å²) in [6.07, 6.45) is 0.927. The second-order valence-corrected chi connectivity index (χ2v) is 6.94. The second kappa shape index (κ2) is 10.1. The van der Waals surface area contributed by atoms with Crippen molar-refractivity contribution in [3.05, 3.63) is 34.9 Å². The van der Waals surface area contributed by atoms with E-state index in [1.165, 1.54) is 0 Å². The molecule has 0 saturated carbocycles. The lowest BCUT2D eigenvalue weighted by atomic mass is 9.97. The van der Waals surface area contributed by atoms with Crippen molar-refractivity contribution in [1.82, 2.24) is 4.90 Å². The molecule has 1 fully saturated rings. The van der Waals surface area contributed by atoms with E-state index in [0.29, 0.717) is 18.2 Å². The van der Waals surface area contributed by atoms with E-state index < -0.39 is 6.10 Å². The fourth-order valence-electron chi connectivity index (χ4n) is 3.05. The van der Waals surface area contributed by atoms with Crippen LogP contribution in [0.5, 0.6) is 0 Å². The first kappa shape index (κ1) is 20.2. The fourth-order valence-corrected chi connectivity index (χ4v) is 3.17. The standard InChI is InChI=1S/C19H28ClNO4/c1-3-24-19(23)16-8-10-21(11-9-16)12-18(22)13-25-14(2)15-4-6-17(20)7-5-15/h4-7,14,16,18,22H,3,8-13H2,1-2H3. The molecule has 1 aliphatic heterocycles. The van der Waals surface area contributed by atoms with Gasteiger partial charge in [-0.05, 0) is 57.5 Å². The van der Waals surface area contributed by atoms with Crippen LogP contribution in [-0.2, 0) is 14.3 Å². The number of piperidine rings is 1. The van der Waals surface area contributed by atoms with E-state index in [9.17, 15) is 9.90 Å². The first-order valence-corrected chi connectivity index (χ1v) is 9.31. The summed E-state index contributed by atoms with van der Waals surface area (Å²) in [5.41, 5.74) is 1.03. The Morgan fingerprint density at radius 1 is 1.32 bits per heavy atom. The van der Waals surface area contributed by atoms with E-state index in [2.05, 4.69) is 4.90 Å². The first-order chi connectivity index (χ1) is 12.0. The molecular weight excluding hydrogens is 342 g/mol. The number of esters is 1. The first-order valence-electron chi connectivity index (χ1n) is 8.93. The highest BCUT2D eigenvalue weighted by Gasteiger charge is 2.26. The van der Waals surface area contributed by atoms with Gasteiger partial charge >= 0.3 is 5.97 Å². The summed E-state index contributed by atoms with van der Waals surface area (Å²) < 4.78 is 10.8. The molecular formula is C19H28ClNO4. The third-order valence-corrected chi connectivity index (χ3v) is 4.81. The summed E-state index contributed by atoms with van der Waals surface area (Å²) in [5.74, 6) is -0.0997. The number of hydrogen-bond donors (Lipinski definition) is 1. The van der Waals surface area contributed by atoms with Crippen LogP contribution in [0.2, 0.25) is 5.02 Å². The van der Waals surface area contributed by atoms with Crippen LogP contribution in [-0.4, -0.2) is 54.9 Å². The lowest BCUT2D eigenvalue weighted by Crippen LogP contribution is -2.42. The maximum atomic E-state index is 11.7. The Kier molecular flexibility index (Phi) is 8.16. The molecule has 1 N–H and O–H groups in total. The van der Waals surface area contributed by atoms with Crippen molar-refractivity contribution in [2.24, 2.45) is 5.92 Å². The summed E-state index contributed by atoms with van der Waals surface area (Å²) in [4.78, 5) is 13.9. The number of ether oxygens (including phenoxy) is 2. The number of carbonyl (C=O) groups excluding carboxylic acids is 1. The maximum Gasteiger partial charge on any atom is 0.309 e. The van der Waals surface area contributed by atoms with Gasteiger partial charge in [0.25, 0.3) is 0 Å². The van der Waals surface area contributed by atoms with Gasteiger partial charge in [0.15, 0.2) is 0 Å². The van der Waals surface area contributed by atoms with E-state index in [1.807, 2.05) is 38.1 Å². The molecule has 140 valence electrons. The van der Waals surface area contributed by atoms with Gasteiger partial charge in [-0.15, -0.1) is 0 Å². The van der Waals surface area contributed by atoms with E-state index >= 15 is 0 Å². The van der Waals surface area contributed by atoms with Gasteiger partial charge in [-0.2, -0.15) is 0 Å². The van der Waals surface area contributed by atoms with Crippen molar-refractivity contribution < 1.29 is 19.4 Å². The molecule has 1 aromatic rings. The number of hydrogen-bond acceptors (Lipinski definition) is 5. The highest BCUT2D eigenvalue weighted by Crippen LogP contribution is 2.21. The molecule has 2 rings (SSSR count). The fraction of sp³-hybridized carbons (Fsp3) is 0.632. The van der Waals surface area contributed by atoms with Crippen molar-refractivity contribution in [3.63, 3.8) is 0 Å². The lowest BCUT2D eigenvalue weighted by molar-refractivity contribution is -0.149. The van der Waals surface area contributed by atoms with Crippen molar-refractivity contribution >= 4 is 17.6 Å². The van der Waals surface area contributed by atoms with E-state index in [4.69, 9.17) is 21.1 Å². The third kappa shape index (κ3) is 6.59. The molecule has 0 amide bonds. The molecule has 1 aromatic carbocycles. The Hall–Kier alpha value is -1.14. The van der Waals surface area contributed by atoms with Gasteiger partial charge in [-0.25, -0.2) is 0 Å². The lowest BCUT2D eigenvalue weighted by Gasteiger charge is -2.32. The Morgan fingerprint density at radius 2 is 1.96 bits per heavy atom. The molecule has 5 nitrogen and oxygen atoms in total. The predicted molar refractivity (Wildman–Crippen MR) is 97.6 cm³/mol. The number of aliphatic hydroxyl groups is 1. The Balaban J connectivity index is 1.68. The number of β-amino-alcohol motifs (C(OH)–C–C–N with tert-alkyl or cyclic N) is 1. The summed E-state index contributed by atoms with van der Waals surface area (Å²) in [7, 11) is 0. The molecule has 1 aliphatic rings. The van der Waals surface area contributed by atoms with Crippen LogP contribution >= 0.6 is 11.6 Å². The average molecular weight is 370 g/mol. The Morgan fingerprint density at radius 3 is 2.56 bits per heavy atom. The number of nitrogens with zero attached hydrogens (tertiary/aromatic N) is 1. The van der Waals surface area contributed by atoms with Gasteiger partial charge in [0, 0.05) is 11.6 Å². The number of aliphatic hydroxyl groups excluding tert-OH is 1. The minimum Gasteiger partial charge on any atom is -0.466 e. The molecule has 1 saturated heterocycles. The van der Waals surface area contributed by atoms with E-state index in [0.717, 1.165) is 31.5 Å². The smallest absolute Gasteiger partial charge is 0.309 e. The Labute approximate surface area is 154 Å². The molecule has 25 heavy (non-hydrogen) atoms. The average Bonchev–Trinajstić information content (AvgIpc) is 2.61. The SMILES string of the molecule is CCOC(=O)C1CCN(CC(O)COC(C)c2ccc(Cl)cc2)CC1. The topological polar surface area (TPSA) is 59.0 Å². The van der Waals surface area contributed by atoms with Crippen LogP contribution in [0.1, 0.15) is 38.4 Å². The molecule has 0 spiro atoms. The number of halogens is 1. The van der Waals surface area contributed by atoms with E-state index in [-0.39, 0.29) is 24.6 Å². The summed E-state index contributed by atoms with van der Waals surface area (Å²) >= 11 is 5.88. The molecule has 0 bridgehead atoms. The molecule has 2 unspecified atom stereocenters. The highest BCUT2D eigenvalue weighted by molar-refractivity contribution is 6.30. The summed E-state index contributed by atoms with van der Waals surface area (Å²) in [5, 5.41) is 10.9. The Bertz CT molecular complexity index is 529. The van der Waals surface area contributed by atoms with Crippen LogP contribution < -0.4 is 0 Å². The van der Waals surface area contributed by atoms with E-state index in [1.54, 1.807) is 0 Å². The van der Waals surface area contributed by atoms with Gasteiger partial charge in [0.2, 0.25) is 0 Å².